The van der Waals surface area contributed by atoms with E-state index in [-0.39, 0.29) is 17.5 Å². The first-order chi connectivity index (χ1) is 12.3. The van der Waals surface area contributed by atoms with Crippen LogP contribution in [0, 0.1) is 6.92 Å². The van der Waals surface area contributed by atoms with Gasteiger partial charge in [-0.15, -0.1) is 10.2 Å². The lowest BCUT2D eigenvalue weighted by Gasteiger charge is -2.38. The van der Waals surface area contributed by atoms with E-state index in [0.717, 1.165) is 6.07 Å². The van der Waals surface area contributed by atoms with Gasteiger partial charge in [-0.1, -0.05) is 29.5 Å². The molecule has 3 rings (SSSR count). The van der Waals surface area contributed by atoms with Crippen LogP contribution in [0.2, 0.25) is 0 Å². The van der Waals surface area contributed by atoms with Crippen LogP contribution in [0.5, 0.6) is 0 Å². The number of nitrogens with zero attached hydrogens (tertiary/aromatic N) is 2. The first-order valence-corrected chi connectivity index (χ1v) is 8.96. The Morgan fingerprint density at radius 1 is 1.31 bits per heavy atom. The molecule has 1 aromatic heterocycles. The number of carbonyl (C=O) groups is 1. The van der Waals surface area contributed by atoms with Crippen molar-refractivity contribution >= 4 is 17.2 Å². The lowest BCUT2D eigenvalue weighted by Crippen LogP contribution is -2.44. The molecule has 1 aliphatic rings. The molecule has 0 bridgehead atoms. The third kappa shape index (κ3) is 4.04. The first-order valence-electron chi connectivity index (χ1n) is 8.14. The number of ether oxygens (including phenoxy) is 1. The Balaban J connectivity index is 1.84. The van der Waals surface area contributed by atoms with Crippen LogP contribution in [0.4, 0.5) is 13.2 Å². The number of rotatable bonds is 4. The number of aromatic nitrogens is 2. The van der Waals surface area contributed by atoms with E-state index in [0.29, 0.717) is 36.6 Å². The third-order valence-electron chi connectivity index (χ3n) is 4.56. The Kier molecular flexibility index (Phi) is 5.29. The van der Waals surface area contributed by atoms with Crippen LogP contribution < -0.4 is 5.32 Å². The highest BCUT2D eigenvalue weighted by Gasteiger charge is 2.38. The minimum Gasteiger partial charge on any atom is -0.381 e. The molecule has 1 fully saturated rings. The largest absolute Gasteiger partial charge is 0.416 e. The maximum absolute atomic E-state index is 13.1. The number of amides is 1. The number of carbonyl (C=O) groups excluding carboxylic acids is 1. The van der Waals surface area contributed by atoms with E-state index in [1.807, 2.05) is 0 Å². The van der Waals surface area contributed by atoms with E-state index in [9.17, 15) is 18.0 Å². The van der Waals surface area contributed by atoms with Gasteiger partial charge in [0, 0.05) is 25.2 Å². The predicted octanol–water partition coefficient (Wildman–Crippen LogP) is 3.34. The third-order valence-corrected chi connectivity index (χ3v) is 5.40. The van der Waals surface area contributed by atoms with Crippen LogP contribution in [0.1, 0.15) is 38.8 Å². The molecule has 1 N–H and O–H groups in total. The van der Waals surface area contributed by atoms with Crippen molar-refractivity contribution in [1.29, 1.82) is 0 Å². The van der Waals surface area contributed by atoms with Gasteiger partial charge in [-0.2, -0.15) is 13.2 Å². The summed E-state index contributed by atoms with van der Waals surface area (Å²) in [6.07, 6.45) is -3.34. The topological polar surface area (TPSA) is 64.1 Å². The number of halogens is 3. The molecule has 0 spiro atoms. The Bertz CT molecular complexity index is 786. The van der Waals surface area contributed by atoms with Gasteiger partial charge in [0.05, 0.1) is 5.56 Å². The molecule has 5 nitrogen and oxygen atoms in total. The maximum Gasteiger partial charge on any atom is 0.416 e. The van der Waals surface area contributed by atoms with Gasteiger partial charge in [0.15, 0.2) is 0 Å². The maximum atomic E-state index is 13.1. The van der Waals surface area contributed by atoms with E-state index < -0.39 is 17.2 Å². The highest BCUT2D eigenvalue weighted by atomic mass is 32.1. The van der Waals surface area contributed by atoms with Crippen LogP contribution >= 0.6 is 11.3 Å². The van der Waals surface area contributed by atoms with Crippen molar-refractivity contribution < 1.29 is 22.7 Å². The molecule has 26 heavy (non-hydrogen) atoms. The van der Waals surface area contributed by atoms with E-state index in [1.54, 1.807) is 13.0 Å². The van der Waals surface area contributed by atoms with E-state index >= 15 is 0 Å². The average Bonchev–Trinajstić information content (AvgIpc) is 3.06. The Morgan fingerprint density at radius 2 is 2.04 bits per heavy atom. The van der Waals surface area contributed by atoms with Crippen molar-refractivity contribution in [3.63, 3.8) is 0 Å². The Morgan fingerprint density at radius 3 is 2.65 bits per heavy atom. The van der Waals surface area contributed by atoms with Crippen molar-refractivity contribution in [2.75, 3.05) is 19.8 Å². The van der Waals surface area contributed by atoms with Crippen LogP contribution in [-0.4, -0.2) is 35.9 Å². The Labute approximate surface area is 152 Å². The van der Waals surface area contributed by atoms with Crippen molar-refractivity contribution in [1.82, 2.24) is 15.5 Å². The minimum atomic E-state index is -4.41. The van der Waals surface area contributed by atoms with E-state index in [4.69, 9.17) is 4.74 Å². The van der Waals surface area contributed by atoms with Crippen LogP contribution in [-0.2, 0) is 16.3 Å². The lowest BCUT2D eigenvalue weighted by molar-refractivity contribution is -0.137. The molecule has 0 atom stereocenters. The zero-order chi connectivity index (χ0) is 18.8. The normalized spacial score (nSPS) is 17.1. The second kappa shape index (κ2) is 7.32. The molecule has 1 saturated heterocycles. The highest BCUT2D eigenvalue weighted by molar-refractivity contribution is 7.13. The highest BCUT2D eigenvalue weighted by Crippen LogP contribution is 2.37. The fourth-order valence-electron chi connectivity index (χ4n) is 3.07. The lowest BCUT2D eigenvalue weighted by atomic mass is 9.73. The van der Waals surface area contributed by atoms with Crippen molar-refractivity contribution in [3.8, 4) is 0 Å². The fraction of sp³-hybridized carbons (Fsp3) is 0.471. The zero-order valence-corrected chi connectivity index (χ0v) is 14.9. The summed E-state index contributed by atoms with van der Waals surface area (Å²) in [5, 5.41) is 11.3. The SMILES string of the molecule is Cc1nnc(C(=O)NCC2(c3cccc(C(F)(F)F)c3)CCOCC2)s1. The van der Waals surface area contributed by atoms with E-state index in [1.165, 1.54) is 23.5 Å². The molecular weight excluding hydrogens is 367 g/mol. The summed E-state index contributed by atoms with van der Waals surface area (Å²) in [4.78, 5) is 12.3. The van der Waals surface area contributed by atoms with Crippen molar-refractivity contribution in [2.24, 2.45) is 0 Å². The molecule has 140 valence electrons. The number of hydrogen-bond donors (Lipinski definition) is 1. The standard InChI is InChI=1S/C17H18F3N3O2S/c1-11-22-23-15(26-11)14(24)21-10-16(5-7-25-8-6-16)12-3-2-4-13(9-12)17(18,19)20/h2-4,9H,5-8,10H2,1H3,(H,21,24). The summed E-state index contributed by atoms with van der Waals surface area (Å²) in [5.74, 6) is -0.367. The second-order valence-electron chi connectivity index (χ2n) is 6.28. The molecule has 0 unspecified atom stereocenters. The predicted molar refractivity (Wildman–Crippen MR) is 90.2 cm³/mol. The van der Waals surface area contributed by atoms with Gasteiger partial charge in [0.25, 0.3) is 5.91 Å². The summed E-state index contributed by atoms with van der Waals surface area (Å²) in [5.41, 5.74) is -0.731. The quantitative estimate of drug-likeness (QED) is 0.877. The van der Waals surface area contributed by atoms with E-state index in [2.05, 4.69) is 15.5 Å². The van der Waals surface area contributed by atoms with Crippen LogP contribution in [0.25, 0.3) is 0 Å². The summed E-state index contributed by atoms with van der Waals surface area (Å²) in [6.45, 7) is 2.83. The molecular formula is C17H18F3N3O2S. The van der Waals surface area contributed by atoms with Gasteiger partial charge in [-0.25, -0.2) is 0 Å². The summed E-state index contributed by atoms with van der Waals surface area (Å²) < 4.78 is 44.7. The first kappa shape index (κ1) is 18.8. The van der Waals surface area contributed by atoms with Gasteiger partial charge < -0.3 is 10.1 Å². The molecule has 9 heteroatoms. The smallest absolute Gasteiger partial charge is 0.381 e. The summed E-state index contributed by atoms with van der Waals surface area (Å²) in [7, 11) is 0. The molecule has 0 saturated carbocycles. The summed E-state index contributed by atoms with van der Waals surface area (Å²) in [6, 6.07) is 5.32. The molecule has 2 aromatic rings. The molecule has 0 aliphatic carbocycles. The molecule has 1 amide bonds. The minimum absolute atomic E-state index is 0.217. The van der Waals surface area contributed by atoms with Gasteiger partial charge in [-0.3, -0.25) is 4.79 Å². The fourth-order valence-corrected chi connectivity index (χ4v) is 3.68. The average molecular weight is 385 g/mol. The van der Waals surface area contributed by atoms with Crippen LogP contribution in [0.3, 0.4) is 0 Å². The van der Waals surface area contributed by atoms with Gasteiger partial charge in [0.2, 0.25) is 5.01 Å². The molecule has 0 radical (unpaired) electrons. The monoisotopic (exact) mass is 385 g/mol. The Hall–Kier alpha value is -2.00. The number of benzene rings is 1. The molecule has 2 heterocycles. The van der Waals surface area contributed by atoms with Gasteiger partial charge in [0.1, 0.15) is 5.01 Å². The molecule has 1 aliphatic heterocycles. The van der Waals surface area contributed by atoms with Crippen molar-refractivity contribution in [3.05, 3.63) is 45.4 Å². The zero-order valence-electron chi connectivity index (χ0n) is 14.1. The summed E-state index contributed by atoms with van der Waals surface area (Å²) >= 11 is 1.18. The number of alkyl halides is 3. The van der Waals surface area contributed by atoms with Crippen molar-refractivity contribution in [2.45, 2.75) is 31.4 Å². The van der Waals surface area contributed by atoms with Crippen LogP contribution in [0.15, 0.2) is 24.3 Å². The number of hydrogen-bond acceptors (Lipinski definition) is 5. The van der Waals surface area contributed by atoms with Gasteiger partial charge >= 0.3 is 6.18 Å². The van der Waals surface area contributed by atoms with Gasteiger partial charge in [-0.05, 0) is 31.4 Å². The number of nitrogens with one attached hydrogen (secondary N) is 1. The molecule has 1 aromatic carbocycles. The number of aryl methyl sites for hydroxylation is 1. The second-order valence-corrected chi connectivity index (χ2v) is 7.46.